The second-order valence-electron chi connectivity index (χ2n) is 6.87. The van der Waals surface area contributed by atoms with E-state index in [4.69, 9.17) is 0 Å². The number of hydrogen-bond donors (Lipinski definition) is 1. The van der Waals surface area contributed by atoms with Crippen LogP contribution in [0.5, 0.6) is 5.88 Å². The lowest BCUT2D eigenvalue weighted by molar-refractivity contribution is -0.0436. The van der Waals surface area contributed by atoms with E-state index in [0.717, 1.165) is 53.3 Å². The predicted octanol–water partition coefficient (Wildman–Crippen LogP) is 2.93. The van der Waals surface area contributed by atoms with E-state index in [-0.39, 0.29) is 12.2 Å². The van der Waals surface area contributed by atoms with Gasteiger partial charge in [-0.05, 0) is 55.8 Å². The number of anilines is 1. The Morgan fingerprint density at radius 1 is 1.09 bits per heavy atom. The molecular weight excluding hydrogens is 449 g/mol. The zero-order valence-corrected chi connectivity index (χ0v) is 18.1. The van der Waals surface area contributed by atoms with E-state index in [1.807, 2.05) is 24.8 Å². The van der Waals surface area contributed by atoms with Crippen molar-refractivity contribution in [1.82, 2.24) is 14.1 Å². The van der Waals surface area contributed by atoms with Gasteiger partial charge in [-0.25, -0.2) is 22.8 Å². The van der Waals surface area contributed by atoms with Gasteiger partial charge in [-0.3, -0.25) is 4.57 Å². The smallest absolute Gasteiger partial charge is 0.493 e. The molecule has 2 heterocycles. The highest BCUT2D eigenvalue weighted by atomic mass is 32.2. The second kappa shape index (κ2) is 8.69. The molecule has 12 heteroatoms. The summed E-state index contributed by atoms with van der Waals surface area (Å²) in [6.07, 6.45) is 2.81. The van der Waals surface area contributed by atoms with Crippen LogP contribution < -0.4 is 10.6 Å². The lowest BCUT2D eigenvalue weighted by Crippen LogP contribution is -2.25. The maximum absolute atomic E-state index is 12.8. The Labute approximate surface area is 182 Å². The zero-order chi connectivity index (χ0) is 23.7. The first-order valence-corrected chi connectivity index (χ1v) is 11.1. The molecule has 0 atom stereocenters. The third-order valence-corrected chi connectivity index (χ3v) is 6.40. The molecule has 0 spiro atoms. The van der Waals surface area contributed by atoms with Crippen molar-refractivity contribution < 1.29 is 26.7 Å². The van der Waals surface area contributed by atoms with Gasteiger partial charge in [0.05, 0.1) is 23.3 Å². The molecule has 1 aromatic carbocycles. The number of aromatic hydroxyl groups is 1. The van der Waals surface area contributed by atoms with Gasteiger partial charge in [-0.1, -0.05) is 0 Å². The summed E-state index contributed by atoms with van der Waals surface area (Å²) in [5.41, 5.74) is -5.31. The molecule has 0 unspecified atom stereocenters. The van der Waals surface area contributed by atoms with E-state index in [9.17, 15) is 31.5 Å². The summed E-state index contributed by atoms with van der Waals surface area (Å²) in [4.78, 5) is 18.2. The number of benzene rings is 1. The summed E-state index contributed by atoms with van der Waals surface area (Å²) in [7, 11) is -5.51. The van der Waals surface area contributed by atoms with Gasteiger partial charge in [-0.2, -0.15) is 13.2 Å². The minimum atomic E-state index is -5.51. The van der Waals surface area contributed by atoms with Crippen molar-refractivity contribution in [3.05, 3.63) is 64.8 Å². The molecule has 2 aromatic heterocycles. The van der Waals surface area contributed by atoms with Gasteiger partial charge in [0.25, 0.3) is 9.84 Å². The number of nitrogens with zero attached hydrogens (tertiary/aromatic N) is 4. The number of sulfone groups is 1. The Morgan fingerprint density at radius 2 is 1.72 bits per heavy atom. The molecule has 0 bridgehead atoms. The van der Waals surface area contributed by atoms with Gasteiger partial charge in [-0.15, -0.1) is 0 Å². The highest BCUT2D eigenvalue weighted by molar-refractivity contribution is 7.92. The monoisotopic (exact) mass is 470 g/mol. The summed E-state index contributed by atoms with van der Waals surface area (Å²) < 4.78 is 63.2. The van der Waals surface area contributed by atoms with Crippen LogP contribution in [0.15, 0.2) is 58.5 Å². The van der Waals surface area contributed by atoms with E-state index in [1.165, 1.54) is 10.8 Å². The number of aromatic nitrogens is 3. The molecule has 8 nitrogen and oxygen atoms in total. The van der Waals surface area contributed by atoms with E-state index < -0.39 is 31.8 Å². The van der Waals surface area contributed by atoms with Gasteiger partial charge in [0.1, 0.15) is 5.82 Å². The molecule has 0 aliphatic heterocycles. The average Bonchev–Trinajstić information content (AvgIpc) is 3.01. The minimum Gasteiger partial charge on any atom is -0.493 e. The Bertz CT molecular complexity index is 1260. The lowest BCUT2D eigenvalue weighted by atomic mass is 10.2. The van der Waals surface area contributed by atoms with Crippen LogP contribution in [0.25, 0.3) is 5.69 Å². The molecule has 0 saturated carbocycles. The van der Waals surface area contributed by atoms with Gasteiger partial charge < -0.3 is 10.0 Å². The first-order chi connectivity index (χ1) is 15.0. The largest absolute Gasteiger partial charge is 0.501 e. The highest BCUT2D eigenvalue weighted by Crippen LogP contribution is 2.30. The molecule has 0 amide bonds. The van der Waals surface area contributed by atoms with Crippen LogP contribution in [-0.2, 0) is 16.4 Å². The quantitative estimate of drug-likeness (QED) is 0.570. The first-order valence-electron chi connectivity index (χ1n) is 9.62. The maximum atomic E-state index is 12.8. The van der Waals surface area contributed by atoms with Gasteiger partial charge in [0.15, 0.2) is 0 Å². The summed E-state index contributed by atoms with van der Waals surface area (Å²) in [5, 5.41) is 10.2. The molecule has 0 saturated heterocycles. The molecule has 32 heavy (non-hydrogen) atoms. The molecule has 3 rings (SSSR count). The van der Waals surface area contributed by atoms with Crippen molar-refractivity contribution in [3.8, 4) is 11.6 Å². The van der Waals surface area contributed by atoms with Crippen LogP contribution in [0.3, 0.4) is 0 Å². The van der Waals surface area contributed by atoms with Crippen molar-refractivity contribution in [2.45, 2.75) is 30.8 Å². The second-order valence-corrected chi connectivity index (χ2v) is 8.81. The number of alkyl halides is 3. The van der Waals surface area contributed by atoms with Crippen molar-refractivity contribution >= 4 is 15.7 Å². The number of halogens is 3. The molecule has 0 aliphatic rings. The fourth-order valence-corrected chi connectivity index (χ4v) is 3.98. The van der Waals surface area contributed by atoms with Gasteiger partial charge in [0.2, 0.25) is 5.88 Å². The average molecular weight is 470 g/mol. The third-order valence-electron chi connectivity index (χ3n) is 4.90. The fraction of sp³-hybridized carbons (Fsp3) is 0.300. The summed E-state index contributed by atoms with van der Waals surface area (Å²) in [5.74, 6) is 0.296. The Kier molecular flexibility index (Phi) is 6.35. The van der Waals surface area contributed by atoms with E-state index in [0.29, 0.717) is 0 Å². The fourth-order valence-electron chi connectivity index (χ4n) is 3.22. The standard InChI is InChI=1S/C20H21F3N4O4S/c1-3-25(4-2)17-11-14(9-10-24-17)12-26-13-18(28)27(19(26)29)15-5-7-16(8-6-15)32(30,31)20(21,22)23/h5-11,13,28H,3-4,12H2,1-2H3. The number of rotatable bonds is 7. The summed E-state index contributed by atoms with van der Waals surface area (Å²) in [6, 6.07) is 7.07. The zero-order valence-electron chi connectivity index (χ0n) is 17.2. The van der Waals surface area contributed by atoms with Crippen LogP contribution in [0.1, 0.15) is 19.4 Å². The van der Waals surface area contributed by atoms with Crippen molar-refractivity contribution in [2.24, 2.45) is 0 Å². The highest BCUT2D eigenvalue weighted by Gasteiger charge is 2.46. The lowest BCUT2D eigenvalue weighted by Gasteiger charge is -2.20. The maximum Gasteiger partial charge on any atom is 0.501 e. The van der Waals surface area contributed by atoms with Crippen LogP contribution in [0, 0.1) is 0 Å². The van der Waals surface area contributed by atoms with Gasteiger partial charge >= 0.3 is 11.2 Å². The van der Waals surface area contributed by atoms with Gasteiger partial charge in [0, 0.05) is 19.3 Å². The van der Waals surface area contributed by atoms with Crippen LogP contribution in [0.2, 0.25) is 0 Å². The summed E-state index contributed by atoms with van der Waals surface area (Å²) in [6.45, 7) is 5.61. The van der Waals surface area contributed by atoms with Crippen LogP contribution in [0.4, 0.5) is 19.0 Å². The number of hydrogen-bond acceptors (Lipinski definition) is 6. The Hall–Kier alpha value is -3.28. The molecule has 3 aromatic rings. The van der Waals surface area contributed by atoms with Crippen LogP contribution in [-0.4, -0.2) is 46.2 Å². The van der Waals surface area contributed by atoms with Crippen molar-refractivity contribution in [1.29, 1.82) is 0 Å². The SMILES string of the molecule is CCN(CC)c1cc(Cn2cc(O)n(-c3ccc(S(=O)(=O)C(F)(F)F)cc3)c2=O)ccn1. The first kappa shape index (κ1) is 23.4. The summed E-state index contributed by atoms with van der Waals surface area (Å²) >= 11 is 0. The predicted molar refractivity (Wildman–Crippen MR) is 112 cm³/mol. The van der Waals surface area contributed by atoms with E-state index >= 15 is 0 Å². The molecule has 0 fully saturated rings. The molecule has 1 N–H and O–H groups in total. The Balaban J connectivity index is 1.93. The molecule has 172 valence electrons. The molecule has 0 radical (unpaired) electrons. The van der Waals surface area contributed by atoms with Crippen molar-refractivity contribution in [3.63, 3.8) is 0 Å². The topological polar surface area (TPSA) is 97.4 Å². The number of imidazole rings is 1. The van der Waals surface area contributed by atoms with Crippen molar-refractivity contribution in [2.75, 3.05) is 18.0 Å². The van der Waals surface area contributed by atoms with E-state index in [1.54, 1.807) is 12.3 Å². The van der Waals surface area contributed by atoms with E-state index in [2.05, 4.69) is 4.98 Å². The van der Waals surface area contributed by atoms with Crippen LogP contribution >= 0.6 is 0 Å². The minimum absolute atomic E-state index is 0.0194. The molecular formula is C20H21F3N4O4S. The number of pyridine rings is 1. The molecule has 0 aliphatic carbocycles. The normalized spacial score (nSPS) is 12.2. The third kappa shape index (κ3) is 4.35. The Morgan fingerprint density at radius 3 is 2.28 bits per heavy atom.